The smallest absolute Gasteiger partial charge is 0.407 e. The number of ether oxygens (including phenoxy) is 2. The Morgan fingerprint density at radius 2 is 1.71 bits per heavy atom. The third kappa shape index (κ3) is 4.62. The van der Waals surface area contributed by atoms with Crippen LogP contribution in [0.1, 0.15) is 30.4 Å². The van der Waals surface area contributed by atoms with Gasteiger partial charge >= 0.3 is 12.1 Å². The van der Waals surface area contributed by atoms with Crippen LogP contribution in [0.4, 0.5) is 4.79 Å². The molecule has 1 aliphatic carbocycles. The van der Waals surface area contributed by atoms with Gasteiger partial charge in [-0.3, -0.25) is 9.59 Å². The Labute approximate surface area is 204 Å². The Hall–Kier alpha value is -3.39. The van der Waals surface area contributed by atoms with Crippen LogP contribution in [0.2, 0.25) is 0 Å². The molecule has 0 spiro atoms. The van der Waals surface area contributed by atoms with E-state index in [-0.39, 0.29) is 42.9 Å². The van der Waals surface area contributed by atoms with Crippen molar-refractivity contribution in [1.29, 1.82) is 0 Å². The van der Waals surface area contributed by atoms with Gasteiger partial charge in [0.25, 0.3) is 0 Å². The van der Waals surface area contributed by atoms with Crippen LogP contribution in [-0.4, -0.2) is 66.9 Å². The van der Waals surface area contributed by atoms with Crippen molar-refractivity contribution in [2.45, 2.75) is 25.4 Å². The number of benzene rings is 2. The zero-order valence-electron chi connectivity index (χ0n) is 19.7. The quantitative estimate of drug-likeness (QED) is 0.634. The number of carbonyl (C=O) groups excluding carboxylic acids is 2. The number of hydrogen-bond acceptors (Lipinski definition) is 5. The molecular formula is C27H30N2O6. The molecule has 2 N–H and O–H groups in total. The number of carboxylic acids is 1. The summed E-state index contributed by atoms with van der Waals surface area (Å²) in [6.07, 6.45) is -0.226. The molecule has 5 rings (SSSR count). The average Bonchev–Trinajstić information content (AvgIpc) is 3.43. The maximum atomic E-state index is 12.7. The van der Waals surface area contributed by atoms with Crippen LogP contribution in [0.3, 0.4) is 0 Å². The molecule has 2 saturated heterocycles. The second kappa shape index (κ2) is 9.70. The molecule has 8 heteroatoms. The van der Waals surface area contributed by atoms with E-state index < -0.39 is 18.0 Å². The van der Waals surface area contributed by atoms with E-state index in [0.717, 1.165) is 11.1 Å². The van der Waals surface area contributed by atoms with Gasteiger partial charge in [-0.25, -0.2) is 4.79 Å². The van der Waals surface area contributed by atoms with E-state index in [4.69, 9.17) is 14.6 Å². The number of carbonyl (C=O) groups is 3. The number of rotatable bonds is 7. The summed E-state index contributed by atoms with van der Waals surface area (Å²) in [5.74, 6) is -1.53. The van der Waals surface area contributed by atoms with E-state index in [1.165, 1.54) is 11.1 Å². The van der Waals surface area contributed by atoms with Crippen LogP contribution in [0.25, 0.3) is 11.1 Å². The van der Waals surface area contributed by atoms with Crippen molar-refractivity contribution in [1.82, 2.24) is 10.2 Å². The van der Waals surface area contributed by atoms with E-state index in [1.54, 1.807) is 11.8 Å². The summed E-state index contributed by atoms with van der Waals surface area (Å²) in [5, 5.41) is 11.9. The number of hydrogen-bond donors (Lipinski definition) is 2. The first-order valence-electron chi connectivity index (χ1n) is 12.1. The minimum Gasteiger partial charge on any atom is -0.481 e. The number of amides is 2. The highest BCUT2D eigenvalue weighted by molar-refractivity contribution is 5.81. The minimum atomic E-state index is -0.828. The Kier molecular flexibility index (Phi) is 6.47. The number of fused-ring (bicyclic) bond motifs is 3. The third-order valence-electron chi connectivity index (χ3n) is 7.57. The molecule has 35 heavy (non-hydrogen) atoms. The Bertz CT molecular complexity index is 1080. The van der Waals surface area contributed by atoms with Crippen molar-refractivity contribution in [3.63, 3.8) is 0 Å². The molecule has 3 atom stereocenters. The van der Waals surface area contributed by atoms with E-state index in [1.807, 2.05) is 24.3 Å². The summed E-state index contributed by atoms with van der Waals surface area (Å²) in [6, 6.07) is 16.4. The first-order valence-corrected chi connectivity index (χ1v) is 12.1. The van der Waals surface area contributed by atoms with Gasteiger partial charge in [-0.1, -0.05) is 55.5 Å². The van der Waals surface area contributed by atoms with Gasteiger partial charge in [-0.05, 0) is 28.7 Å². The van der Waals surface area contributed by atoms with Crippen molar-refractivity contribution in [2.24, 2.45) is 17.8 Å². The van der Waals surface area contributed by atoms with Crippen LogP contribution in [0.5, 0.6) is 0 Å². The van der Waals surface area contributed by atoms with Crippen molar-refractivity contribution < 1.29 is 29.0 Å². The number of nitrogens with zero attached hydrogens (tertiary/aromatic N) is 1. The molecule has 184 valence electrons. The first-order chi connectivity index (χ1) is 16.9. The van der Waals surface area contributed by atoms with Gasteiger partial charge in [0.15, 0.2) is 0 Å². The predicted octanol–water partition coefficient (Wildman–Crippen LogP) is 3.11. The highest BCUT2D eigenvalue weighted by atomic mass is 16.5. The molecule has 8 nitrogen and oxygen atoms in total. The van der Waals surface area contributed by atoms with E-state index in [9.17, 15) is 14.4 Å². The molecule has 2 aliphatic heterocycles. The highest BCUT2D eigenvalue weighted by Crippen LogP contribution is 2.44. The molecule has 0 saturated carbocycles. The molecule has 0 aromatic heterocycles. The summed E-state index contributed by atoms with van der Waals surface area (Å²) in [4.78, 5) is 37.9. The maximum absolute atomic E-state index is 12.7. The molecule has 0 bridgehead atoms. The predicted molar refractivity (Wildman–Crippen MR) is 128 cm³/mol. The molecule has 2 fully saturated rings. The van der Waals surface area contributed by atoms with Gasteiger partial charge in [-0.15, -0.1) is 0 Å². The monoisotopic (exact) mass is 478 g/mol. The molecular weight excluding hydrogens is 448 g/mol. The fourth-order valence-corrected chi connectivity index (χ4v) is 5.34. The SMILES string of the molecule is CC(C(=O)O)C1CN(C(=O)C2COC(CNC(=O)OCC3c4ccccc4-c4ccccc43)C2)C1. The molecule has 3 aliphatic rings. The van der Waals surface area contributed by atoms with E-state index in [2.05, 4.69) is 29.6 Å². The summed E-state index contributed by atoms with van der Waals surface area (Å²) in [5.41, 5.74) is 4.68. The van der Waals surface area contributed by atoms with Crippen LogP contribution in [-0.2, 0) is 19.1 Å². The van der Waals surface area contributed by atoms with Gasteiger partial charge in [0.2, 0.25) is 5.91 Å². The van der Waals surface area contributed by atoms with Crippen molar-refractivity contribution in [3.8, 4) is 11.1 Å². The summed E-state index contributed by atoms with van der Waals surface area (Å²) >= 11 is 0. The minimum absolute atomic E-state index is 0.00193. The van der Waals surface area contributed by atoms with Gasteiger partial charge in [0, 0.05) is 31.5 Å². The Balaban J connectivity index is 1.07. The fourth-order valence-electron chi connectivity index (χ4n) is 5.34. The molecule has 3 unspecified atom stereocenters. The number of carboxylic acid groups (broad SMARTS) is 1. The largest absolute Gasteiger partial charge is 0.481 e. The number of nitrogens with one attached hydrogen (secondary N) is 1. The maximum Gasteiger partial charge on any atom is 0.407 e. The zero-order chi connectivity index (χ0) is 24.5. The molecule has 2 amide bonds. The summed E-state index contributed by atoms with van der Waals surface area (Å²) in [6.45, 7) is 3.47. The lowest BCUT2D eigenvalue weighted by Crippen LogP contribution is -2.55. The molecule has 2 heterocycles. The molecule has 2 aromatic rings. The number of likely N-dealkylation sites (tertiary alicyclic amines) is 1. The van der Waals surface area contributed by atoms with Crippen LogP contribution < -0.4 is 5.32 Å². The second-order valence-electron chi connectivity index (χ2n) is 9.72. The standard InChI is InChI=1S/C27H30N2O6/c1-16(26(31)32)18-12-29(13-18)25(30)17-10-19(34-14-17)11-28-27(33)35-15-24-22-8-4-2-6-20(22)21-7-3-5-9-23(21)24/h2-9,16-19,24H,10-15H2,1H3,(H,28,33)(H,31,32). The van der Waals surface area contributed by atoms with Gasteiger partial charge < -0.3 is 24.8 Å². The van der Waals surface area contributed by atoms with Crippen LogP contribution in [0, 0.1) is 17.8 Å². The topological polar surface area (TPSA) is 105 Å². The van der Waals surface area contributed by atoms with Gasteiger partial charge in [0.05, 0.1) is 24.5 Å². The number of alkyl carbamates (subject to hydrolysis) is 1. The van der Waals surface area contributed by atoms with Crippen LogP contribution >= 0.6 is 0 Å². The summed E-state index contributed by atoms with van der Waals surface area (Å²) < 4.78 is 11.3. The normalized spacial score (nSPS) is 22.1. The lowest BCUT2D eigenvalue weighted by molar-refractivity contribution is -0.152. The van der Waals surface area contributed by atoms with Gasteiger partial charge in [-0.2, -0.15) is 0 Å². The lowest BCUT2D eigenvalue weighted by Gasteiger charge is -2.42. The average molecular weight is 479 g/mol. The van der Waals surface area contributed by atoms with Crippen molar-refractivity contribution in [2.75, 3.05) is 32.8 Å². The van der Waals surface area contributed by atoms with E-state index >= 15 is 0 Å². The molecule has 2 aromatic carbocycles. The Morgan fingerprint density at radius 3 is 2.34 bits per heavy atom. The highest BCUT2D eigenvalue weighted by Gasteiger charge is 2.41. The zero-order valence-corrected chi connectivity index (χ0v) is 19.7. The Morgan fingerprint density at radius 1 is 1.09 bits per heavy atom. The number of aliphatic carboxylic acids is 1. The second-order valence-corrected chi connectivity index (χ2v) is 9.72. The third-order valence-corrected chi connectivity index (χ3v) is 7.57. The van der Waals surface area contributed by atoms with Crippen molar-refractivity contribution >= 4 is 18.0 Å². The van der Waals surface area contributed by atoms with Gasteiger partial charge in [0.1, 0.15) is 6.61 Å². The molecule has 0 radical (unpaired) electrons. The van der Waals surface area contributed by atoms with Crippen LogP contribution in [0.15, 0.2) is 48.5 Å². The first kappa shape index (κ1) is 23.4. The van der Waals surface area contributed by atoms with E-state index in [0.29, 0.717) is 26.1 Å². The fraction of sp³-hybridized carbons (Fsp3) is 0.444. The van der Waals surface area contributed by atoms with Crippen molar-refractivity contribution in [3.05, 3.63) is 59.7 Å². The lowest BCUT2D eigenvalue weighted by atomic mass is 9.86. The summed E-state index contributed by atoms with van der Waals surface area (Å²) in [7, 11) is 0.